The minimum Gasteiger partial charge on any atom is -0.481 e. The minimum absolute atomic E-state index is 0.00328. The zero-order chi connectivity index (χ0) is 83.2. The van der Waals surface area contributed by atoms with Gasteiger partial charge in [-0.15, -0.1) is 5.10 Å². The molecule has 4 fully saturated rings. The molecule has 624 valence electrons. The summed E-state index contributed by atoms with van der Waals surface area (Å²) in [6, 6.07) is -12.5. The Morgan fingerprint density at radius 3 is 1.96 bits per heavy atom. The number of fused-ring (bicyclic) bond motifs is 2. The molecule has 22 N–H and O–H groups in total. The highest BCUT2D eigenvalue weighted by molar-refractivity contribution is 8.76. The lowest BCUT2D eigenvalue weighted by molar-refractivity contribution is -0.148. The molecule has 0 radical (unpaired) electrons. The number of benzene rings is 1. The van der Waals surface area contributed by atoms with E-state index in [2.05, 4.69) is 68.5 Å². The molecule has 4 aliphatic rings. The fraction of sp³-hybridized carbons (Fsp3) is 0.638. The second kappa shape index (κ2) is 45.4. The van der Waals surface area contributed by atoms with E-state index < -0.39 is 216 Å². The molecular formula is C69H105N21O21S2. The van der Waals surface area contributed by atoms with E-state index in [1.54, 1.807) is 44.2 Å². The van der Waals surface area contributed by atoms with Gasteiger partial charge in [0, 0.05) is 50.7 Å². The first-order valence-corrected chi connectivity index (χ1v) is 39.7. The average molecular weight is 1630 g/mol. The summed E-state index contributed by atoms with van der Waals surface area (Å²) in [6.07, 6.45) is -0.912. The first-order chi connectivity index (χ1) is 53.8. The van der Waals surface area contributed by atoms with Crippen LogP contribution < -0.4 is 76.1 Å². The van der Waals surface area contributed by atoms with Crippen molar-refractivity contribution in [2.45, 2.75) is 208 Å². The van der Waals surface area contributed by atoms with Gasteiger partial charge in [-0.05, 0) is 102 Å². The number of aliphatic hydroxyl groups is 2. The third-order valence-electron chi connectivity index (χ3n) is 19.4. The number of unbranched alkanes of at least 4 members (excludes halogenated alkanes) is 1. The van der Waals surface area contributed by atoms with E-state index in [1.807, 2.05) is 0 Å². The molecule has 0 unspecified atom stereocenters. The van der Waals surface area contributed by atoms with Crippen molar-refractivity contribution in [3.05, 3.63) is 47.8 Å². The van der Waals surface area contributed by atoms with Crippen LogP contribution in [0.15, 0.2) is 41.5 Å². The summed E-state index contributed by atoms with van der Waals surface area (Å²) in [6.45, 7) is 2.48. The van der Waals surface area contributed by atoms with E-state index in [9.17, 15) is 73.2 Å². The molecule has 0 aliphatic carbocycles. The lowest BCUT2D eigenvalue weighted by Gasteiger charge is -2.34. The summed E-state index contributed by atoms with van der Waals surface area (Å²) in [5.41, 5.74) is 22.8. The number of aliphatic carboxylic acids is 2. The number of hydrogen-bond acceptors (Lipinski definition) is 26. The number of nitrogens with zero attached hydrogens (tertiary/aromatic N) is 7. The maximum Gasteiger partial charge on any atom is 0.360 e. The molecule has 42 nitrogen and oxygen atoms in total. The van der Waals surface area contributed by atoms with E-state index >= 15 is 24.0 Å². The predicted octanol–water partition coefficient (Wildman–Crippen LogP) is -6.97. The maximum absolute atomic E-state index is 15.4. The number of guanidine groups is 1. The van der Waals surface area contributed by atoms with Gasteiger partial charge in [0.05, 0.1) is 39.0 Å². The van der Waals surface area contributed by atoms with Crippen LogP contribution in [0.2, 0.25) is 0 Å². The normalized spacial score (nSPS) is 24.0. The number of esters is 1. The molecule has 44 heteroatoms. The Morgan fingerprint density at radius 2 is 1.32 bits per heavy atom. The average Bonchev–Trinajstić information content (AvgIpc) is 1.68. The number of aliphatic imine (C=N–C) groups is 1. The Labute approximate surface area is 658 Å². The number of amides is 13. The largest absolute Gasteiger partial charge is 0.481 e. The van der Waals surface area contributed by atoms with Gasteiger partial charge in [0.25, 0.3) is 0 Å². The Bertz CT molecular complexity index is 3730. The number of hydrogen-bond donors (Lipinski definition) is 18. The van der Waals surface area contributed by atoms with Gasteiger partial charge in [0.15, 0.2) is 11.7 Å². The third kappa shape index (κ3) is 27.2. The van der Waals surface area contributed by atoms with Crippen molar-refractivity contribution in [2.75, 3.05) is 64.5 Å². The third-order valence-corrected chi connectivity index (χ3v) is 21.9. The van der Waals surface area contributed by atoms with Crippen molar-refractivity contribution in [1.29, 1.82) is 0 Å². The molecule has 0 bridgehead atoms. The molecule has 4 aliphatic heterocycles. The summed E-state index contributed by atoms with van der Waals surface area (Å²) in [5, 5.41) is 74.4. The van der Waals surface area contributed by atoms with Crippen molar-refractivity contribution in [2.24, 2.45) is 33.8 Å². The number of methoxy groups -OCH3 is 1. The Morgan fingerprint density at radius 1 is 0.690 bits per heavy atom. The van der Waals surface area contributed by atoms with Crippen LogP contribution >= 0.6 is 21.6 Å². The predicted molar refractivity (Wildman–Crippen MR) is 405 cm³/mol. The number of likely N-dealkylation sites (tertiary alicyclic amines) is 1. The molecule has 1 aromatic heterocycles. The molecule has 6 rings (SSSR count). The minimum atomic E-state index is -1.97. The second-order valence-electron chi connectivity index (χ2n) is 27.7. The molecule has 1 aromatic carbocycles. The highest BCUT2D eigenvalue weighted by Crippen LogP contribution is 2.29. The lowest BCUT2D eigenvalue weighted by atomic mass is 9.97. The number of carbonyl (C=O) groups is 16. The van der Waals surface area contributed by atoms with Gasteiger partial charge in [-0.1, -0.05) is 77.4 Å². The van der Waals surface area contributed by atoms with Crippen LogP contribution in [0.4, 0.5) is 0 Å². The number of carbonyl (C=O) groups excluding carboxylic acids is 14. The number of ether oxygens (including phenoxy) is 1. The van der Waals surface area contributed by atoms with E-state index in [-0.39, 0.29) is 141 Å². The van der Waals surface area contributed by atoms with Crippen molar-refractivity contribution in [1.82, 2.24) is 82.9 Å². The van der Waals surface area contributed by atoms with E-state index in [0.29, 0.717) is 5.56 Å². The summed E-state index contributed by atoms with van der Waals surface area (Å²) in [4.78, 5) is 234. The Balaban J connectivity index is 1.46. The summed E-state index contributed by atoms with van der Waals surface area (Å²) >= 11 is 0. The molecule has 113 heavy (non-hydrogen) atoms. The zero-order valence-electron chi connectivity index (χ0n) is 63.3. The Kier molecular flexibility index (Phi) is 36.8. The van der Waals surface area contributed by atoms with Gasteiger partial charge in [-0.2, -0.15) is 0 Å². The maximum atomic E-state index is 15.4. The van der Waals surface area contributed by atoms with Gasteiger partial charge in [-0.3, -0.25) is 76.8 Å². The molecule has 15 atom stereocenters. The summed E-state index contributed by atoms with van der Waals surface area (Å²) < 4.78 is 5.93. The van der Waals surface area contributed by atoms with Crippen molar-refractivity contribution >= 4 is 122 Å². The highest BCUT2D eigenvalue weighted by atomic mass is 33.1. The van der Waals surface area contributed by atoms with Gasteiger partial charge in [-0.25, -0.2) is 9.59 Å². The highest BCUT2D eigenvalue weighted by Gasteiger charge is 2.47. The number of aromatic nitrogens is 3. The topological polar surface area (TPSA) is 640 Å². The molecule has 2 aromatic rings. The van der Waals surface area contributed by atoms with E-state index in [4.69, 9.17) is 27.7 Å². The Hall–Kier alpha value is -10.3. The molecule has 0 spiro atoms. The number of carboxylic acid groups (broad SMARTS) is 2. The van der Waals surface area contributed by atoms with Crippen LogP contribution in [0.5, 0.6) is 0 Å². The monoisotopic (exact) mass is 1630 g/mol. The van der Waals surface area contributed by atoms with Crippen molar-refractivity contribution in [3.63, 3.8) is 0 Å². The van der Waals surface area contributed by atoms with E-state index in [0.717, 1.165) is 40.5 Å². The fourth-order valence-electron chi connectivity index (χ4n) is 13.1. The molecular weight excluding hydrogens is 1520 g/mol. The quantitative estimate of drug-likeness (QED) is 0.0114. The number of nitrogens with one attached hydrogen (secondary N) is 10. The summed E-state index contributed by atoms with van der Waals surface area (Å²) in [5.74, 6) is -18.6. The van der Waals surface area contributed by atoms with Gasteiger partial charge in [0.1, 0.15) is 78.5 Å². The number of carboxylic acids is 2. The SMILES string of the molecule is CC[C@H](C)[C@@H]1NC(=O)[C@@H]2CCCN2C(=O)[C@@H]2CCCN2C(=O)[C@H](CCn2cc(C(=O)OC)nn2)NC(=O)[C@H](CO)NC(=O)[C@H](CCCCN)NC(=O)[C@H]([C@@H](C)O)NC(=O)[C@@H](NC(=O)[C@H](CCCN=C(N)N)NC(=O)CN)CSSC[C@@H](C(=O)N[C@@H](Cc2ccccc2)C(=O)N2CCC[C@H]2C(=O)N[C@@H](CC(=O)O)C(=O)O)NC1=O. The molecule has 4 saturated heterocycles. The summed E-state index contributed by atoms with van der Waals surface area (Å²) in [7, 11) is 2.73. The van der Waals surface area contributed by atoms with Crippen LogP contribution in [0.1, 0.15) is 127 Å². The van der Waals surface area contributed by atoms with Gasteiger partial charge < -0.3 is 116 Å². The second-order valence-corrected chi connectivity index (χ2v) is 30.2. The first-order valence-electron chi connectivity index (χ1n) is 37.2. The van der Waals surface area contributed by atoms with Crippen LogP contribution in [0.25, 0.3) is 0 Å². The van der Waals surface area contributed by atoms with Crippen molar-refractivity contribution in [3.8, 4) is 0 Å². The van der Waals surface area contributed by atoms with Gasteiger partial charge >= 0.3 is 17.9 Å². The number of aryl methyl sites for hydroxylation is 1. The van der Waals surface area contributed by atoms with Crippen LogP contribution in [-0.4, -0.2) is 300 Å². The molecule has 5 heterocycles. The van der Waals surface area contributed by atoms with Crippen LogP contribution in [0, 0.1) is 5.92 Å². The van der Waals surface area contributed by atoms with Gasteiger partial charge in [0.2, 0.25) is 76.8 Å². The lowest BCUT2D eigenvalue weighted by Crippen LogP contribution is -2.62. The number of aliphatic hydroxyl groups excluding tert-OH is 2. The smallest absolute Gasteiger partial charge is 0.360 e. The van der Waals surface area contributed by atoms with Crippen molar-refractivity contribution < 1.29 is 102 Å². The molecule has 13 amide bonds. The van der Waals surface area contributed by atoms with E-state index in [1.165, 1.54) is 20.7 Å². The first kappa shape index (κ1) is 91.6. The fourth-order valence-corrected chi connectivity index (χ4v) is 15.4. The zero-order valence-corrected chi connectivity index (χ0v) is 64.9. The molecule has 0 saturated carbocycles. The van der Waals surface area contributed by atoms with Crippen LogP contribution in [0.3, 0.4) is 0 Å². The number of nitrogens with two attached hydrogens (primary N) is 4. The number of rotatable bonds is 30. The van der Waals surface area contributed by atoms with Crippen LogP contribution in [-0.2, 0) is 89.6 Å². The standard InChI is InChI=1S/C69H105N21O21S2/c1-5-36(2)53-62(103)82-46(58(99)78-42(29-38-15-7-6-8-16-38)65(106)88-25-12-19-48(88)60(101)79-43(67(108)109)30-52(94)95)34-112-113-35-47(81-55(96)39(75-51(93)31-71)18-11-24-74-69(72)73)59(100)84-54(37(3)92)63(104)76-40(17-9-10-23-70)56(97)80-45(33-91)57(98)77-41(22-28-87-32-44(85-86-87)68(110)111-4)64(105)90-27-14-21-50(90)66(107)89-26-13-20-49(89)61(102)83-53/h6-8,15-16,32,36-37,39-43,45-50,53-54,91-92H,5,9-14,17-31,33-35,70-71H2,1-4H3,(H,75,93)(H,76,104)(H,77,98)(H,78,99)(H,79,101)(H,80,97)(H,81,96)(H,82,103)(H,83,102)(H,84,100)(H,94,95)(H,108,109)(H4,72,73,74)/t36-,37+,39-,40-,41-,42-,43-,45-,46-,47-,48-,49-,50-,53-,54-/m0/s1.